The summed E-state index contributed by atoms with van der Waals surface area (Å²) < 4.78 is 0. The lowest BCUT2D eigenvalue weighted by atomic mass is 10.1. The maximum Gasteiger partial charge on any atom is 0.257 e. The minimum atomic E-state index is 0.122. The summed E-state index contributed by atoms with van der Waals surface area (Å²) in [6, 6.07) is 4.15. The summed E-state index contributed by atoms with van der Waals surface area (Å²) in [7, 11) is 0. The van der Waals surface area contributed by atoms with E-state index in [0.29, 0.717) is 23.3 Å². The molecule has 0 bridgehead atoms. The monoisotopic (exact) mass is 275 g/mol. The van der Waals surface area contributed by atoms with Crippen LogP contribution in [0.1, 0.15) is 50.4 Å². The van der Waals surface area contributed by atoms with Crippen LogP contribution in [0.3, 0.4) is 0 Å². The van der Waals surface area contributed by atoms with Crippen LogP contribution in [0.2, 0.25) is 0 Å². The maximum absolute atomic E-state index is 12.8. The molecule has 20 heavy (non-hydrogen) atoms. The number of anilines is 1. The Morgan fingerprint density at radius 3 is 2.85 bits per heavy atom. The number of hydrogen-bond acceptors (Lipinski definition) is 3. The molecular weight excluding hydrogens is 250 g/mol. The number of hydrogen-bond donors (Lipinski definition) is 1. The third-order valence-corrected chi connectivity index (χ3v) is 3.58. The van der Waals surface area contributed by atoms with Crippen LogP contribution in [-0.2, 0) is 0 Å². The van der Waals surface area contributed by atoms with Crippen LogP contribution in [0.4, 0.5) is 5.82 Å². The summed E-state index contributed by atoms with van der Waals surface area (Å²) in [4.78, 5) is 19.1. The highest BCUT2D eigenvalue weighted by Gasteiger charge is 2.33. The van der Waals surface area contributed by atoms with Gasteiger partial charge in [-0.3, -0.25) is 4.79 Å². The van der Waals surface area contributed by atoms with Gasteiger partial charge < -0.3 is 10.2 Å². The van der Waals surface area contributed by atoms with E-state index in [9.17, 15) is 4.79 Å². The summed E-state index contributed by atoms with van der Waals surface area (Å²) in [6.07, 6.45) is 5.06. The molecule has 4 nitrogen and oxygen atoms in total. The first-order valence-corrected chi connectivity index (χ1v) is 7.63. The molecule has 1 aliphatic rings. The van der Waals surface area contributed by atoms with Crippen molar-refractivity contribution in [2.75, 3.05) is 18.4 Å². The van der Waals surface area contributed by atoms with Crippen molar-refractivity contribution >= 4 is 11.7 Å². The molecule has 0 spiro atoms. The fourth-order valence-corrected chi connectivity index (χ4v) is 2.27. The van der Waals surface area contributed by atoms with E-state index in [1.165, 1.54) is 0 Å². The van der Waals surface area contributed by atoms with Crippen LogP contribution in [0.5, 0.6) is 0 Å². The van der Waals surface area contributed by atoms with E-state index in [4.69, 9.17) is 0 Å². The van der Waals surface area contributed by atoms with Crippen molar-refractivity contribution in [2.45, 2.75) is 46.1 Å². The van der Waals surface area contributed by atoms with Crippen molar-refractivity contribution < 1.29 is 4.79 Å². The number of pyridine rings is 1. The average Bonchev–Trinajstić information content (AvgIpc) is 3.24. The highest BCUT2D eigenvalue weighted by Crippen LogP contribution is 2.29. The number of rotatable bonds is 7. The zero-order valence-electron chi connectivity index (χ0n) is 12.7. The van der Waals surface area contributed by atoms with E-state index in [1.54, 1.807) is 6.20 Å². The predicted molar refractivity (Wildman–Crippen MR) is 81.9 cm³/mol. The van der Waals surface area contributed by atoms with Crippen LogP contribution in [-0.4, -0.2) is 34.9 Å². The molecule has 2 rings (SSSR count). The van der Waals surface area contributed by atoms with Gasteiger partial charge in [0.25, 0.3) is 5.91 Å². The van der Waals surface area contributed by atoms with Crippen LogP contribution in [0.25, 0.3) is 0 Å². The fraction of sp³-hybridized carbons (Fsp3) is 0.625. The summed E-state index contributed by atoms with van der Waals surface area (Å²) in [5, 5.41) is 3.18. The molecule has 1 aliphatic carbocycles. The average molecular weight is 275 g/mol. The zero-order chi connectivity index (χ0) is 14.5. The van der Waals surface area contributed by atoms with Gasteiger partial charge in [-0.2, -0.15) is 0 Å². The van der Waals surface area contributed by atoms with Crippen LogP contribution >= 0.6 is 0 Å². The van der Waals surface area contributed by atoms with Gasteiger partial charge in [0.15, 0.2) is 0 Å². The normalized spacial score (nSPS) is 14.4. The predicted octanol–water partition coefficient (Wildman–Crippen LogP) is 3.16. The molecule has 110 valence electrons. The lowest BCUT2D eigenvalue weighted by Crippen LogP contribution is -2.35. The van der Waals surface area contributed by atoms with E-state index >= 15 is 0 Å². The number of amides is 1. The van der Waals surface area contributed by atoms with E-state index in [-0.39, 0.29) is 5.91 Å². The topological polar surface area (TPSA) is 45.2 Å². The molecule has 1 fully saturated rings. The Balaban J connectivity index is 2.14. The van der Waals surface area contributed by atoms with E-state index < -0.39 is 0 Å². The van der Waals surface area contributed by atoms with Crippen molar-refractivity contribution in [3.8, 4) is 0 Å². The zero-order valence-corrected chi connectivity index (χ0v) is 12.7. The third-order valence-electron chi connectivity index (χ3n) is 3.58. The number of aromatic nitrogens is 1. The van der Waals surface area contributed by atoms with E-state index in [1.807, 2.05) is 24.0 Å². The molecule has 0 radical (unpaired) electrons. The number of nitrogens with one attached hydrogen (secondary N) is 1. The van der Waals surface area contributed by atoms with Crippen molar-refractivity contribution in [2.24, 2.45) is 5.92 Å². The van der Waals surface area contributed by atoms with Crippen LogP contribution < -0.4 is 5.32 Å². The van der Waals surface area contributed by atoms with E-state index in [0.717, 1.165) is 32.4 Å². The van der Waals surface area contributed by atoms with E-state index in [2.05, 4.69) is 24.1 Å². The second kappa shape index (κ2) is 6.73. The minimum absolute atomic E-state index is 0.122. The summed E-state index contributed by atoms with van der Waals surface area (Å²) in [6.45, 7) is 8.03. The summed E-state index contributed by atoms with van der Waals surface area (Å²) in [5.74, 6) is 1.44. The Hall–Kier alpha value is -1.58. The maximum atomic E-state index is 12.8. The molecule has 4 heteroatoms. The van der Waals surface area contributed by atoms with Gasteiger partial charge in [0.2, 0.25) is 0 Å². The van der Waals surface area contributed by atoms with Crippen molar-refractivity contribution in [1.82, 2.24) is 9.88 Å². The second-order valence-corrected chi connectivity index (χ2v) is 5.84. The van der Waals surface area contributed by atoms with Gasteiger partial charge in [0.05, 0.1) is 5.56 Å². The molecule has 1 heterocycles. The molecule has 0 unspecified atom stereocenters. The molecule has 1 N–H and O–H groups in total. The summed E-state index contributed by atoms with van der Waals surface area (Å²) >= 11 is 0. The molecule has 1 aromatic rings. The van der Waals surface area contributed by atoms with Crippen molar-refractivity contribution in [3.05, 3.63) is 23.9 Å². The molecule has 1 aromatic heterocycles. The van der Waals surface area contributed by atoms with Gasteiger partial charge in [-0.1, -0.05) is 13.8 Å². The Morgan fingerprint density at radius 2 is 2.25 bits per heavy atom. The molecule has 1 amide bonds. The van der Waals surface area contributed by atoms with Gasteiger partial charge in [-0.25, -0.2) is 4.98 Å². The molecule has 0 aliphatic heterocycles. The summed E-state index contributed by atoms with van der Waals surface area (Å²) in [5.41, 5.74) is 0.699. The Labute approximate surface area is 121 Å². The lowest BCUT2D eigenvalue weighted by molar-refractivity contribution is 0.0736. The third kappa shape index (κ3) is 3.71. The smallest absolute Gasteiger partial charge is 0.257 e. The molecule has 0 aromatic carbocycles. The fourth-order valence-electron chi connectivity index (χ4n) is 2.27. The number of carbonyl (C=O) groups excluding carboxylic acids is 1. The minimum Gasteiger partial charge on any atom is -0.370 e. The SMILES string of the molecule is CCNc1ncccc1C(=O)N(CCC(C)C)C1CC1. The van der Waals surface area contributed by atoms with Gasteiger partial charge in [0.1, 0.15) is 5.82 Å². The quantitative estimate of drug-likeness (QED) is 0.831. The van der Waals surface area contributed by atoms with Crippen molar-refractivity contribution in [3.63, 3.8) is 0 Å². The number of carbonyl (C=O) groups is 1. The standard InChI is InChI=1S/C16H25N3O/c1-4-17-15-14(6-5-10-18-15)16(20)19(13-7-8-13)11-9-12(2)3/h5-6,10,12-13H,4,7-9,11H2,1-3H3,(H,17,18). The van der Waals surface area contributed by atoms with Gasteiger partial charge in [-0.15, -0.1) is 0 Å². The number of nitrogens with zero attached hydrogens (tertiary/aromatic N) is 2. The van der Waals surface area contributed by atoms with Crippen molar-refractivity contribution in [1.29, 1.82) is 0 Å². The highest BCUT2D eigenvalue weighted by atomic mass is 16.2. The Morgan fingerprint density at radius 1 is 1.50 bits per heavy atom. The first kappa shape index (κ1) is 14.8. The first-order chi connectivity index (χ1) is 9.63. The van der Waals surface area contributed by atoms with Gasteiger partial charge in [-0.05, 0) is 44.2 Å². The van der Waals surface area contributed by atoms with Gasteiger partial charge >= 0.3 is 0 Å². The highest BCUT2D eigenvalue weighted by molar-refractivity contribution is 5.99. The second-order valence-electron chi connectivity index (χ2n) is 5.84. The van der Waals surface area contributed by atoms with Crippen LogP contribution in [0, 0.1) is 5.92 Å². The lowest BCUT2D eigenvalue weighted by Gasteiger charge is -2.24. The molecule has 0 saturated heterocycles. The molecular formula is C16H25N3O. The van der Waals surface area contributed by atoms with Gasteiger partial charge in [0, 0.05) is 25.3 Å². The Bertz CT molecular complexity index is 455. The molecule has 0 atom stereocenters. The Kier molecular flexibility index (Phi) is 4.99. The molecule has 1 saturated carbocycles. The largest absolute Gasteiger partial charge is 0.370 e. The van der Waals surface area contributed by atoms with Crippen LogP contribution in [0.15, 0.2) is 18.3 Å². The first-order valence-electron chi connectivity index (χ1n) is 7.63.